The van der Waals surface area contributed by atoms with E-state index < -0.39 is 10.0 Å². The SMILES string of the molecule is NS(=O)(=O)c1ccc(CCNc2nn3c(-c4ccccc4CO)cnc3s2)cc1. The maximum atomic E-state index is 11.3. The molecule has 0 fully saturated rings. The number of nitrogens with two attached hydrogens (primary N) is 1. The van der Waals surface area contributed by atoms with Crippen molar-refractivity contribution in [2.24, 2.45) is 5.14 Å². The van der Waals surface area contributed by atoms with Crippen molar-refractivity contribution in [2.75, 3.05) is 11.9 Å². The minimum atomic E-state index is -3.67. The van der Waals surface area contributed by atoms with Gasteiger partial charge in [0.15, 0.2) is 0 Å². The van der Waals surface area contributed by atoms with E-state index >= 15 is 0 Å². The smallest absolute Gasteiger partial charge is 0.238 e. The molecule has 29 heavy (non-hydrogen) atoms. The fourth-order valence-corrected chi connectivity index (χ4v) is 4.33. The Morgan fingerprint density at radius 2 is 1.90 bits per heavy atom. The quantitative estimate of drug-likeness (QED) is 0.414. The van der Waals surface area contributed by atoms with Gasteiger partial charge in [0.25, 0.3) is 0 Å². The number of nitrogens with one attached hydrogen (secondary N) is 1. The number of hydrogen-bond acceptors (Lipinski definition) is 7. The molecule has 0 saturated heterocycles. The number of fused-ring (bicyclic) bond motifs is 1. The Morgan fingerprint density at radius 1 is 1.14 bits per heavy atom. The Hall–Kier alpha value is -2.79. The number of sulfonamides is 1. The van der Waals surface area contributed by atoms with E-state index in [0.29, 0.717) is 13.0 Å². The van der Waals surface area contributed by atoms with Gasteiger partial charge in [-0.2, -0.15) is 0 Å². The van der Waals surface area contributed by atoms with Gasteiger partial charge in [0.05, 0.1) is 23.4 Å². The summed E-state index contributed by atoms with van der Waals surface area (Å²) in [5.74, 6) is 0. The molecule has 0 saturated carbocycles. The monoisotopic (exact) mass is 429 g/mol. The summed E-state index contributed by atoms with van der Waals surface area (Å²) in [6, 6.07) is 14.1. The lowest BCUT2D eigenvalue weighted by Gasteiger charge is -2.05. The number of imidazole rings is 1. The number of hydrogen-bond donors (Lipinski definition) is 3. The van der Waals surface area contributed by atoms with Crippen LogP contribution < -0.4 is 10.5 Å². The fourth-order valence-electron chi connectivity index (χ4n) is 3.02. The predicted molar refractivity (Wildman–Crippen MR) is 112 cm³/mol. The molecule has 4 aromatic rings. The number of rotatable bonds is 7. The van der Waals surface area contributed by atoms with Crippen LogP contribution in [0.1, 0.15) is 11.1 Å². The standard InChI is InChI=1S/C19H19N5O3S2/c20-29(26,27)15-7-5-13(6-8-15)9-10-21-18-23-24-17(11-22-19(24)28-18)16-4-2-1-3-14(16)12-25/h1-8,11,25H,9-10,12H2,(H,21,23)(H2,20,26,27). The molecular formula is C19H19N5O3S2. The first kappa shape index (κ1) is 19.5. The lowest BCUT2D eigenvalue weighted by Crippen LogP contribution is -2.12. The molecule has 0 bridgehead atoms. The van der Waals surface area contributed by atoms with Gasteiger partial charge in [-0.25, -0.2) is 23.1 Å². The minimum absolute atomic E-state index is 0.0527. The number of anilines is 1. The second-order valence-electron chi connectivity index (χ2n) is 6.43. The van der Waals surface area contributed by atoms with Gasteiger partial charge in [0.1, 0.15) is 0 Å². The number of aliphatic hydroxyl groups excluding tert-OH is 1. The molecular weight excluding hydrogens is 410 g/mol. The van der Waals surface area contributed by atoms with Gasteiger partial charge in [-0.05, 0) is 29.7 Å². The number of primary sulfonamides is 1. The van der Waals surface area contributed by atoms with Gasteiger partial charge < -0.3 is 10.4 Å². The largest absolute Gasteiger partial charge is 0.392 e. The average molecular weight is 430 g/mol. The molecule has 2 heterocycles. The maximum Gasteiger partial charge on any atom is 0.238 e. The van der Waals surface area contributed by atoms with Crippen LogP contribution in [0.4, 0.5) is 5.13 Å². The van der Waals surface area contributed by atoms with E-state index in [1.807, 2.05) is 24.3 Å². The third-order valence-corrected chi connectivity index (χ3v) is 6.30. The van der Waals surface area contributed by atoms with Crippen molar-refractivity contribution in [1.82, 2.24) is 14.6 Å². The summed E-state index contributed by atoms with van der Waals surface area (Å²) >= 11 is 1.44. The van der Waals surface area contributed by atoms with Crippen LogP contribution >= 0.6 is 11.3 Å². The van der Waals surface area contributed by atoms with Crippen molar-refractivity contribution in [2.45, 2.75) is 17.9 Å². The summed E-state index contributed by atoms with van der Waals surface area (Å²) in [5, 5.41) is 23.3. The first-order valence-electron chi connectivity index (χ1n) is 8.85. The molecule has 10 heteroatoms. The zero-order chi connectivity index (χ0) is 20.4. The van der Waals surface area contributed by atoms with Gasteiger partial charge in [0.2, 0.25) is 20.1 Å². The van der Waals surface area contributed by atoms with Crippen molar-refractivity contribution in [3.8, 4) is 11.3 Å². The molecule has 0 unspecified atom stereocenters. The second-order valence-corrected chi connectivity index (χ2v) is 8.94. The molecule has 2 aromatic carbocycles. The fraction of sp³-hybridized carbons (Fsp3) is 0.158. The average Bonchev–Trinajstić information content (AvgIpc) is 3.28. The van der Waals surface area contributed by atoms with Crippen LogP contribution in [0.25, 0.3) is 16.2 Å². The van der Waals surface area contributed by atoms with Crippen molar-refractivity contribution in [3.05, 3.63) is 65.9 Å². The topological polar surface area (TPSA) is 123 Å². The lowest BCUT2D eigenvalue weighted by molar-refractivity contribution is 0.282. The van der Waals surface area contributed by atoms with E-state index in [1.165, 1.54) is 23.5 Å². The Kier molecular flexibility index (Phi) is 5.33. The molecule has 8 nitrogen and oxygen atoms in total. The van der Waals surface area contributed by atoms with E-state index in [0.717, 1.165) is 32.5 Å². The Bertz CT molecular complexity index is 1250. The molecule has 0 atom stereocenters. The summed E-state index contributed by atoms with van der Waals surface area (Å²) in [6.07, 6.45) is 2.46. The van der Waals surface area contributed by atoms with Crippen molar-refractivity contribution >= 4 is 31.5 Å². The Morgan fingerprint density at radius 3 is 2.62 bits per heavy atom. The van der Waals surface area contributed by atoms with Gasteiger partial charge in [-0.15, -0.1) is 5.10 Å². The second kappa shape index (κ2) is 7.91. The van der Waals surface area contributed by atoms with Crippen LogP contribution in [0.3, 0.4) is 0 Å². The van der Waals surface area contributed by atoms with Crippen LogP contribution in [0.15, 0.2) is 59.6 Å². The van der Waals surface area contributed by atoms with E-state index in [-0.39, 0.29) is 11.5 Å². The van der Waals surface area contributed by atoms with Gasteiger partial charge in [-0.3, -0.25) is 0 Å². The molecule has 150 valence electrons. The number of nitrogens with zero attached hydrogens (tertiary/aromatic N) is 3. The normalized spacial score (nSPS) is 11.8. The predicted octanol–water partition coefficient (Wildman–Crippen LogP) is 2.25. The number of aromatic nitrogens is 3. The third kappa shape index (κ3) is 4.15. The molecule has 2 aromatic heterocycles. The maximum absolute atomic E-state index is 11.3. The van der Waals surface area contributed by atoms with Crippen molar-refractivity contribution < 1.29 is 13.5 Å². The van der Waals surface area contributed by atoms with E-state index in [1.54, 1.807) is 22.8 Å². The number of benzene rings is 2. The van der Waals surface area contributed by atoms with Crippen LogP contribution in [0.2, 0.25) is 0 Å². The van der Waals surface area contributed by atoms with Crippen molar-refractivity contribution in [3.63, 3.8) is 0 Å². The summed E-state index contributed by atoms with van der Waals surface area (Å²) in [7, 11) is -3.67. The highest BCUT2D eigenvalue weighted by Crippen LogP contribution is 2.28. The summed E-state index contributed by atoms with van der Waals surface area (Å²) in [5.41, 5.74) is 3.53. The zero-order valence-electron chi connectivity index (χ0n) is 15.3. The van der Waals surface area contributed by atoms with Crippen LogP contribution in [-0.4, -0.2) is 34.7 Å². The Balaban J connectivity index is 1.46. The first-order chi connectivity index (χ1) is 14.0. The van der Waals surface area contributed by atoms with Gasteiger partial charge in [-0.1, -0.05) is 47.7 Å². The van der Waals surface area contributed by atoms with E-state index in [4.69, 9.17) is 5.14 Å². The highest BCUT2D eigenvalue weighted by molar-refractivity contribution is 7.89. The number of aliphatic hydroxyl groups is 1. The van der Waals surface area contributed by atoms with Gasteiger partial charge >= 0.3 is 0 Å². The molecule has 0 aliphatic rings. The molecule has 0 amide bonds. The summed E-state index contributed by atoms with van der Waals surface area (Å²) in [4.78, 5) is 5.28. The summed E-state index contributed by atoms with van der Waals surface area (Å²) in [6.45, 7) is 0.580. The third-order valence-electron chi connectivity index (χ3n) is 4.49. The highest BCUT2D eigenvalue weighted by atomic mass is 32.2. The minimum Gasteiger partial charge on any atom is -0.392 e. The van der Waals surface area contributed by atoms with Crippen LogP contribution in [0, 0.1) is 0 Å². The van der Waals surface area contributed by atoms with Crippen LogP contribution in [0.5, 0.6) is 0 Å². The van der Waals surface area contributed by atoms with E-state index in [9.17, 15) is 13.5 Å². The molecule has 4 rings (SSSR count). The molecule has 0 radical (unpaired) electrons. The van der Waals surface area contributed by atoms with Crippen LogP contribution in [-0.2, 0) is 23.1 Å². The molecule has 0 aliphatic heterocycles. The van der Waals surface area contributed by atoms with Crippen molar-refractivity contribution in [1.29, 1.82) is 0 Å². The van der Waals surface area contributed by atoms with E-state index in [2.05, 4.69) is 15.4 Å². The summed E-state index contributed by atoms with van der Waals surface area (Å²) < 4.78 is 24.4. The lowest BCUT2D eigenvalue weighted by atomic mass is 10.1. The zero-order valence-corrected chi connectivity index (χ0v) is 16.9. The highest BCUT2D eigenvalue weighted by Gasteiger charge is 2.14. The van der Waals surface area contributed by atoms with Gasteiger partial charge in [0, 0.05) is 12.1 Å². The first-order valence-corrected chi connectivity index (χ1v) is 11.2. The molecule has 0 spiro atoms. The molecule has 0 aliphatic carbocycles. The molecule has 4 N–H and O–H groups in total. The Labute approximate surface area is 171 Å².